The van der Waals surface area contributed by atoms with Gasteiger partial charge < -0.3 is 0 Å². The average molecular weight is 169 g/mol. The minimum atomic E-state index is -3.90. The van der Waals surface area contributed by atoms with Gasteiger partial charge in [0.2, 0.25) is 0 Å². The zero-order chi connectivity index (χ0) is 5.21. The third-order valence-electron chi connectivity index (χ3n) is 0.211. The van der Waals surface area contributed by atoms with Crippen LogP contribution in [0.5, 0.6) is 0 Å². The van der Waals surface area contributed by atoms with Crippen LogP contribution in [-0.2, 0) is 10.1 Å². The van der Waals surface area contributed by atoms with Gasteiger partial charge in [-0.2, -0.15) is 8.42 Å². The van der Waals surface area contributed by atoms with Crippen LogP contribution in [0, 0.1) is 0 Å². The molecule has 3 nitrogen and oxygen atoms in total. The molecule has 8 heavy (non-hydrogen) atoms. The monoisotopic (exact) mass is 168 g/mol. The van der Waals surface area contributed by atoms with Crippen molar-refractivity contribution in [1.29, 1.82) is 0 Å². The quantitative estimate of drug-likeness (QED) is 0.436. The Balaban J connectivity index is -0.000000125. The fourth-order valence-corrected chi connectivity index (χ4v) is 0. The molecule has 0 amide bonds. The van der Waals surface area contributed by atoms with Gasteiger partial charge in [0.05, 0.1) is 5.41 Å². The van der Waals surface area contributed by atoms with Crippen molar-refractivity contribution in [2.45, 2.75) is 0 Å². The Labute approximate surface area is 76.6 Å². The molecule has 1 N–H and O–H groups in total. The minimum absolute atomic E-state index is 0. The van der Waals surface area contributed by atoms with Gasteiger partial charge >= 0.3 is 29.6 Å². The maximum absolute atomic E-state index is 9.44. The van der Waals surface area contributed by atoms with Crippen molar-refractivity contribution in [3.63, 3.8) is 0 Å². The Morgan fingerprint density at radius 3 is 1.62 bits per heavy atom. The molecule has 0 fully saturated rings. The molecule has 0 saturated heterocycles. The maximum atomic E-state index is 9.44. The van der Waals surface area contributed by atoms with Gasteiger partial charge in [-0.3, -0.25) is 4.55 Å². The van der Waals surface area contributed by atoms with E-state index in [2.05, 4.69) is 6.58 Å². The predicted molar refractivity (Wildman–Crippen MR) is 36.1 cm³/mol. The summed E-state index contributed by atoms with van der Waals surface area (Å²) in [5.74, 6) is 0. The summed E-state index contributed by atoms with van der Waals surface area (Å²) in [5, 5.41) is 0.465. The van der Waals surface area contributed by atoms with Crippen LogP contribution in [0.4, 0.5) is 0 Å². The number of hydrogen-bond acceptors (Lipinski definition) is 2. The summed E-state index contributed by atoms with van der Waals surface area (Å²) in [6.07, 6.45) is 0. The summed E-state index contributed by atoms with van der Waals surface area (Å²) in [6, 6.07) is 0. The van der Waals surface area contributed by atoms with Gasteiger partial charge in [-0.05, 0) is 0 Å². The van der Waals surface area contributed by atoms with Crippen molar-refractivity contribution in [2.24, 2.45) is 0 Å². The fourth-order valence-electron chi connectivity index (χ4n) is 0. The van der Waals surface area contributed by atoms with E-state index >= 15 is 0 Å². The van der Waals surface area contributed by atoms with E-state index in [9.17, 15) is 8.42 Å². The summed E-state index contributed by atoms with van der Waals surface area (Å²) in [5.41, 5.74) is 0. The summed E-state index contributed by atoms with van der Waals surface area (Å²) in [7, 11) is -3.90. The average Bonchev–Trinajstić information content (AvgIpc) is 1.35. The van der Waals surface area contributed by atoms with Gasteiger partial charge in [-0.1, -0.05) is 6.58 Å². The van der Waals surface area contributed by atoms with Crippen LogP contribution in [0.1, 0.15) is 0 Å². The Bertz CT molecular complexity index is 128. The van der Waals surface area contributed by atoms with Crippen molar-refractivity contribution in [2.75, 3.05) is 0 Å². The molecule has 0 aromatic heterocycles. The zero-order valence-corrected chi connectivity index (χ0v) is 5.00. The fraction of sp³-hybridized carbons (Fsp3) is 0. The second-order valence-electron chi connectivity index (χ2n) is 0.682. The molecule has 0 unspecified atom stereocenters. The standard InChI is InChI=1S/C2H4O3S.ClH.Na.H/c1-2-6(3,4)5;;;/h2H,1H2,(H,3,4,5);1H;;. The molecule has 0 spiro atoms. The van der Waals surface area contributed by atoms with E-state index in [1.165, 1.54) is 0 Å². The first-order valence-corrected chi connectivity index (χ1v) is 2.66. The Morgan fingerprint density at radius 1 is 1.50 bits per heavy atom. The molecule has 0 aliphatic rings. The molecule has 0 aromatic carbocycles. The van der Waals surface area contributed by atoms with Crippen LogP contribution in [0.15, 0.2) is 12.0 Å². The summed E-state index contributed by atoms with van der Waals surface area (Å²) < 4.78 is 26.6. The summed E-state index contributed by atoms with van der Waals surface area (Å²) in [4.78, 5) is 0. The Hall–Kier alpha value is 0.940. The van der Waals surface area contributed by atoms with Crippen molar-refractivity contribution >= 4 is 52.1 Å². The molecule has 6 heteroatoms. The molecule has 46 valence electrons. The second-order valence-corrected chi connectivity index (χ2v) is 2.04. The van der Waals surface area contributed by atoms with Gasteiger partial charge in [-0.15, -0.1) is 12.4 Å². The molecule has 0 bridgehead atoms. The molecular weight excluding hydrogens is 163 g/mol. The van der Waals surface area contributed by atoms with Crippen molar-refractivity contribution < 1.29 is 13.0 Å². The first-order valence-electron chi connectivity index (χ1n) is 1.16. The predicted octanol–water partition coefficient (Wildman–Crippen LogP) is -0.209. The van der Waals surface area contributed by atoms with Crippen LogP contribution in [0.2, 0.25) is 0 Å². The Morgan fingerprint density at radius 2 is 1.62 bits per heavy atom. The van der Waals surface area contributed by atoms with E-state index < -0.39 is 10.1 Å². The van der Waals surface area contributed by atoms with E-state index in [0.29, 0.717) is 5.41 Å². The molecule has 0 saturated carbocycles. The summed E-state index contributed by atoms with van der Waals surface area (Å²) in [6.45, 7) is 2.79. The number of rotatable bonds is 1. The Kier molecular flexibility index (Phi) is 12.1. The van der Waals surface area contributed by atoms with E-state index in [1.807, 2.05) is 0 Å². The van der Waals surface area contributed by atoms with Gasteiger partial charge in [0.1, 0.15) is 0 Å². The third-order valence-corrected chi connectivity index (χ3v) is 0.632. The van der Waals surface area contributed by atoms with E-state index in [1.54, 1.807) is 0 Å². The second kappa shape index (κ2) is 6.07. The van der Waals surface area contributed by atoms with Gasteiger partial charge in [0, 0.05) is 0 Å². The van der Waals surface area contributed by atoms with Crippen molar-refractivity contribution in [1.82, 2.24) is 0 Å². The van der Waals surface area contributed by atoms with Crippen molar-refractivity contribution in [3.8, 4) is 0 Å². The first kappa shape index (κ1) is 16.0. The van der Waals surface area contributed by atoms with E-state index in [4.69, 9.17) is 4.55 Å². The third kappa shape index (κ3) is 15.8. The molecule has 0 rings (SSSR count). The molecule has 0 aromatic rings. The molecule has 0 radical (unpaired) electrons. The van der Waals surface area contributed by atoms with Crippen LogP contribution in [-0.4, -0.2) is 42.5 Å². The van der Waals surface area contributed by atoms with Gasteiger partial charge in [0.25, 0.3) is 10.1 Å². The number of halogens is 1. The van der Waals surface area contributed by atoms with E-state index in [0.717, 1.165) is 0 Å². The SMILES string of the molecule is C=CS(=O)(=O)O.Cl.[NaH]. The van der Waals surface area contributed by atoms with Crippen molar-refractivity contribution in [3.05, 3.63) is 12.0 Å². The van der Waals surface area contributed by atoms with Crippen LogP contribution < -0.4 is 0 Å². The number of hydrogen-bond donors (Lipinski definition) is 1. The normalized spacial score (nSPS) is 8.12. The van der Waals surface area contributed by atoms with Crippen LogP contribution >= 0.6 is 12.4 Å². The zero-order valence-electron chi connectivity index (χ0n) is 3.36. The molecule has 0 heterocycles. The molecule has 0 aliphatic carbocycles. The summed E-state index contributed by atoms with van der Waals surface area (Å²) >= 11 is 0. The van der Waals surface area contributed by atoms with Gasteiger partial charge in [0.15, 0.2) is 0 Å². The molecular formula is C2H6ClNaO3S. The van der Waals surface area contributed by atoms with Crippen LogP contribution in [0.3, 0.4) is 0 Å². The van der Waals surface area contributed by atoms with Gasteiger partial charge in [-0.25, -0.2) is 0 Å². The molecule has 0 aliphatic heterocycles. The van der Waals surface area contributed by atoms with E-state index in [-0.39, 0.29) is 42.0 Å². The first-order chi connectivity index (χ1) is 2.56. The molecule has 0 atom stereocenters. The van der Waals surface area contributed by atoms with Crippen LogP contribution in [0.25, 0.3) is 0 Å². The topological polar surface area (TPSA) is 54.4 Å².